The first-order chi connectivity index (χ1) is 11.6. The second-order valence-electron chi connectivity index (χ2n) is 7.38. The molecule has 4 rings (SSSR count). The molecule has 2 aromatic rings. The van der Waals surface area contributed by atoms with Crippen LogP contribution in [0.15, 0.2) is 18.6 Å². The minimum absolute atomic E-state index is 0.0530. The van der Waals surface area contributed by atoms with Gasteiger partial charge in [0.05, 0.1) is 11.5 Å². The van der Waals surface area contributed by atoms with E-state index in [0.717, 1.165) is 36.5 Å². The van der Waals surface area contributed by atoms with Crippen LogP contribution in [-0.4, -0.2) is 44.2 Å². The number of nitrogens with zero attached hydrogens (tertiary/aromatic N) is 4. The molecular formula is C18H27N5O. The van der Waals surface area contributed by atoms with E-state index in [0.29, 0.717) is 18.0 Å². The Balaban J connectivity index is 1.46. The number of rotatable bonds is 5. The fraction of sp³-hybridized carbons (Fsp3) is 0.667. The molecule has 2 unspecified atom stereocenters. The molecule has 1 aliphatic heterocycles. The third kappa shape index (κ3) is 2.78. The van der Waals surface area contributed by atoms with Gasteiger partial charge in [0.1, 0.15) is 24.0 Å². The molecular weight excluding hydrogens is 302 g/mol. The highest BCUT2D eigenvalue weighted by Crippen LogP contribution is 2.34. The maximum absolute atomic E-state index is 6.37. The molecule has 0 spiro atoms. The Hall–Kier alpha value is -1.66. The zero-order valence-electron chi connectivity index (χ0n) is 14.6. The predicted molar refractivity (Wildman–Crippen MR) is 94.6 cm³/mol. The SMILES string of the molecule is CC(C)N(CC1CCC(n2ccc3c(N)ncnc32)O1)C1CCC1. The van der Waals surface area contributed by atoms with Crippen LogP contribution in [0.5, 0.6) is 0 Å². The van der Waals surface area contributed by atoms with Gasteiger partial charge in [-0.2, -0.15) is 0 Å². The third-order valence-electron chi connectivity index (χ3n) is 5.56. The molecule has 1 aliphatic carbocycles. The van der Waals surface area contributed by atoms with Gasteiger partial charge in [-0.05, 0) is 45.6 Å². The van der Waals surface area contributed by atoms with Crippen LogP contribution in [0.4, 0.5) is 5.82 Å². The van der Waals surface area contributed by atoms with Crippen molar-refractivity contribution in [2.24, 2.45) is 0 Å². The number of nitrogens with two attached hydrogens (primary N) is 1. The van der Waals surface area contributed by atoms with Gasteiger partial charge in [0.15, 0.2) is 0 Å². The summed E-state index contributed by atoms with van der Waals surface area (Å²) in [5, 5.41) is 0.905. The molecule has 6 heteroatoms. The number of hydrogen-bond donors (Lipinski definition) is 1. The molecule has 2 fully saturated rings. The molecule has 0 bridgehead atoms. The van der Waals surface area contributed by atoms with E-state index in [1.54, 1.807) is 0 Å². The average Bonchev–Trinajstić information content (AvgIpc) is 3.11. The summed E-state index contributed by atoms with van der Waals surface area (Å²) in [7, 11) is 0. The Labute approximate surface area is 143 Å². The van der Waals surface area contributed by atoms with Crippen LogP contribution >= 0.6 is 0 Å². The van der Waals surface area contributed by atoms with Crippen LogP contribution in [0.3, 0.4) is 0 Å². The van der Waals surface area contributed by atoms with E-state index in [-0.39, 0.29) is 6.23 Å². The summed E-state index contributed by atoms with van der Waals surface area (Å²) in [6.07, 6.45) is 10.1. The smallest absolute Gasteiger partial charge is 0.147 e. The van der Waals surface area contributed by atoms with Crippen LogP contribution in [-0.2, 0) is 4.74 Å². The third-order valence-corrected chi connectivity index (χ3v) is 5.56. The van der Waals surface area contributed by atoms with E-state index in [9.17, 15) is 0 Å². The average molecular weight is 329 g/mol. The normalized spacial score (nSPS) is 25.0. The largest absolute Gasteiger partial charge is 0.383 e. The summed E-state index contributed by atoms with van der Waals surface area (Å²) < 4.78 is 8.48. The molecule has 1 saturated carbocycles. The lowest BCUT2D eigenvalue weighted by molar-refractivity contribution is -0.0310. The van der Waals surface area contributed by atoms with Gasteiger partial charge in [0, 0.05) is 24.8 Å². The maximum Gasteiger partial charge on any atom is 0.147 e. The number of anilines is 1. The molecule has 0 radical (unpaired) electrons. The lowest BCUT2D eigenvalue weighted by Crippen LogP contribution is -2.47. The molecule has 2 N–H and O–H groups in total. The van der Waals surface area contributed by atoms with Gasteiger partial charge in [-0.3, -0.25) is 4.90 Å². The Kier molecular flexibility index (Phi) is 4.18. The standard InChI is InChI=1S/C18H27N5O/c1-12(2)23(13-4-3-5-13)10-14-6-7-16(24-14)22-9-8-15-17(19)20-11-21-18(15)22/h8-9,11-14,16H,3-7,10H2,1-2H3,(H2,19,20,21). The van der Waals surface area contributed by atoms with Gasteiger partial charge in [-0.15, -0.1) is 0 Å². The van der Waals surface area contributed by atoms with Crippen molar-refractivity contribution in [3.63, 3.8) is 0 Å². The number of ether oxygens (including phenoxy) is 1. The minimum atomic E-state index is 0.0530. The van der Waals surface area contributed by atoms with Crippen molar-refractivity contribution >= 4 is 16.9 Å². The van der Waals surface area contributed by atoms with Crippen LogP contribution in [0.2, 0.25) is 0 Å². The van der Waals surface area contributed by atoms with Gasteiger partial charge >= 0.3 is 0 Å². The summed E-state index contributed by atoms with van der Waals surface area (Å²) in [6.45, 7) is 5.63. The lowest BCUT2D eigenvalue weighted by atomic mass is 9.90. The van der Waals surface area contributed by atoms with Gasteiger partial charge < -0.3 is 15.0 Å². The summed E-state index contributed by atoms with van der Waals surface area (Å²) >= 11 is 0. The van der Waals surface area contributed by atoms with Crippen LogP contribution in [0.1, 0.15) is 52.2 Å². The van der Waals surface area contributed by atoms with Crippen molar-refractivity contribution in [3.8, 4) is 0 Å². The molecule has 130 valence electrons. The van der Waals surface area contributed by atoms with E-state index in [1.165, 1.54) is 25.6 Å². The summed E-state index contributed by atoms with van der Waals surface area (Å²) in [6, 6.07) is 3.32. The van der Waals surface area contributed by atoms with Gasteiger partial charge in [0.25, 0.3) is 0 Å². The summed E-state index contributed by atoms with van der Waals surface area (Å²) in [4.78, 5) is 11.1. The van der Waals surface area contributed by atoms with Crippen molar-refractivity contribution in [1.82, 2.24) is 19.4 Å². The molecule has 1 saturated heterocycles. The monoisotopic (exact) mass is 329 g/mol. The Morgan fingerprint density at radius 3 is 2.83 bits per heavy atom. The van der Waals surface area contributed by atoms with E-state index in [2.05, 4.69) is 33.3 Å². The molecule has 0 amide bonds. The molecule has 3 heterocycles. The van der Waals surface area contributed by atoms with E-state index < -0.39 is 0 Å². The van der Waals surface area contributed by atoms with Gasteiger partial charge in [-0.25, -0.2) is 9.97 Å². The maximum atomic E-state index is 6.37. The first kappa shape index (κ1) is 15.8. The fourth-order valence-corrected chi connectivity index (χ4v) is 3.98. The first-order valence-electron chi connectivity index (χ1n) is 9.11. The number of nitrogen functional groups attached to an aromatic ring is 1. The topological polar surface area (TPSA) is 69.2 Å². The molecule has 2 atom stereocenters. The summed E-state index contributed by atoms with van der Waals surface area (Å²) in [5.41, 5.74) is 6.81. The quantitative estimate of drug-likeness (QED) is 0.913. The van der Waals surface area contributed by atoms with E-state index in [1.807, 2.05) is 12.3 Å². The number of hydrogen-bond acceptors (Lipinski definition) is 5. The van der Waals surface area contributed by atoms with Gasteiger partial charge in [0.2, 0.25) is 0 Å². The van der Waals surface area contributed by atoms with Crippen molar-refractivity contribution in [2.75, 3.05) is 12.3 Å². The molecule has 0 aromatic carbocycles. The number of aromatic nitrogens is 3. The van der Waals surface area contributed by atoms with E-state index >= 15 is 0 Å². The van der Waals surface area contributed by atoms with Crippen molar-refractivity contribution < 1.29 is 4.74 Å². The van der Waals surface area contributed by atoms with Crippen LogP contribution in [0, 0.1) is 0 Å². The Morgan fingerprint density at radius 1 is 1.29 bits per heavy atom. The molecule has 24 heavy (non-hydrogen) atoms. The van der Waals surface area contributed by atoms with Crippen molar-refractivity contribution in [2.45, 2.75) is 70.4 Å². The van der Waals surface area contributed by atoms with Crippen LogP contribution in [0.25, 0.3) is 11.0 Å². The molecule has 2 aromatic heterocycles. The lowest BCUT2D eigenvalue weighted by Gasteiger charge is -2.41. The van der Waals surface area contributed by atoms with E-state index in [4.69, 9.17) is 10.5 Å². The Bertz CT molecular complexity index is 708. The second kappa shape index (κ2) is 6.33. The highest BCUT2D eigenvalue weighted by molar-refractivity contribution is 5.86. The predicted octanol–water partition coefficient (Wildman–Crippen LogP) is 2.95. The first-order valence-corrected chi connectivity index (χ1v) is 9.11. The minimum Gasteiger partial charge on any atom is -0.383 e. The van der Waals surface area contributed by atoms with Crippen molar-refractivity contribution in [1.29, 1.82) is 0 Å². The highest BCUT2D eigenvalue weighted by atomic mass is 16.5. The van der Waals surface area contributed by atoms with Crippen LogP contribution < -0.4 is 5.73 Å². The van der Waals surface area contributed by atoms with Gasteiger partial charge in [-0.1, -0.05) is 6.42 Å². The van der Waals surface area contributed by atoms with Crippen molar-refractivity contribution in [3.05, 3.63) is 18.6 Å². The summed E-state index contributed by atoms with van der Waals surface area (Å²) in [5.74, 6) is 0.532. The molecule has 2 aliphatic rings. The number of fused-ring (bicyclic) bond motifs is 1. The molecule has 6 nitrogen and oxygen atoms in total. The second-order valence-corrected chi connectivity index (χ2v) is 7.38. The Morgan fingerprint density at radius 2 is 2.12 bits per heavy atom. The highest BCUT2D eigenvalue weighted by Gasteiger charge is 2.33. The zero-order valence-corrected chi connectivity index (χ0v) is 14.6. The fourth-order valence-electron chi connectivity index (χ4n) is 3.98. The zero-order chi connectivity index (χ0) is 16.7.